The van der Waals surface area contributed by atoms with E-state index in [0.29, 0.717) is 5.92 Å². The van der Waals surface area contributed by atoms with Crippen LogP contribution in [0.3, 0.4) is 0 Å². The van der Waals surface area contributed by atoms with Crippen LogP contribution in [0.4, 0.5) is 0 Å². The first-order valence-corrected chi connectivity index (χ1v) is 11.5. The van der Waals surface area contributed by atoms with Crippen molar-refractivity contribution in [3.05, 3.63) is 144 Å². The quantitative estimate of drug-likeness (QED) is 0.264. The Labute approximate surface area is 187 Å². The predicted molar refractivity (Wildman–Crippen MR) is 133 cm³/mol. The first-order valence-electron chi connectivity index (χ1n) is 11.5. The molecule has 0 aliphatic carbocycles. The van der Waals surface area contributed by atoms with Crippen molar-refractivity contribution in [2.45, 2.75) is 43.9 Å². The van der Waals surface area contributed by atoms with Crippen molar-refractivity contribution in [3.63, 3.8) is 0 Å². The van der Waals surface area contributed by atoms with Gasteiger partial charge in [-0.2, -0.15) is 0 Å². The monoisotopic (exact) mass is 404 g/mol. The van der Waals surface area contributed by atoms with Crippen LogP contribution < -0.4 is 0 Å². The summed E-state index contributed by atoms with van der Waals surface area (Å²) < 4.78 is 0. The molecule has 156 valence electrons. The van der Waals surface area contributed by atoms with Crippen LogP contribution >= 0.6 is 0 Å². The number of hydrogen-bond donors (Lipinski definition) is 0. The van der Waals surface area contributed by atoms with Crippen LogP contribution in [0.5, 0.6) is 0 Å². The lowest BCUT2D eigenvalue weighted by molar-refractivity contribution is 0.429. The molecule has 0 aliphatic heterocycles. The summed E-state index contributed by atoms with van der Waals surface area (Å²) in [5, 5.41) is 0. The van der Waals surface area contributed by atoms with Crippen LogP contribution in [0, 0.1) is 0 Å². The normalized spacial score (nSPS) is 12.4. The molecule has 4 aromatic carbocycles. The molecule has 0 amide bonds. The van der Waals surface area contributed by atoms with Crippen LogP contribution in [0.25, 0.3) is 0 Å². The van der Waals surface area contributed by atoms with E-state index in [1.54, 1.807) is 0 Å². The van der Waals surface area contributed by atoms with E-state index in [2.05, 4.69) is 128 Å². The second-order valence-corrected chi connectivity index (χ2v) is 8.75. The minimum absolute atomic E-state index is 0.0320. The molecular weight excluding hydrogens is 372 g/mol. The van der Waals surface area contributed by atoms with E-state index in [0.717, 1.165) is 12.8 Å². The highest BCUT2D eigenvalue weighted by Crippen LogP contribution is 2.42. The molecule has 0 heteroatoms. The van der Waals surface area contributed by atoms with E-state index < -0.39 is 0 Å². The molecule has 0 fully saturated rings. The Morgan fingerprint density at radius 1 is 0.581 bits per heavy atom. The van der Waals surface area contributed by atoms with Gasteiger partial charge in [0.1, 0.15) is 0 Å². The van der Waals surface area contributed by atoms with E-state index in [4.69, 9.17) is 0 Å². The third kappa shape index (κ3) is 5.33. The van der Waals surface area contributed by atoms with Gasteiger partial charge in [-0.3, -0.25) is 0 Å². The first-order chi connectivity index (χ1) is 15.3. The Hall–Kier alpha value is -3.12. The summed E-state index contributed by atoms with van der Waals surface area (Å²) in [7, 11) is 0. The van der Waals surface area contributed by atoms with Crippen molar-refractivity contribution in [2.24, 2.45) is 0 Å². The summed E-state index contributed by atoms with van der Waals surface area (Å²) >= 11 is 0. The van der Waals surface area contributed by atoms with E-state index in [-0.39, 0.29) is 5.41 Å². The van der Waals surface area contributed by atoms with E-state index in [1.807, 2.05) is 0 Å². The summed E-state index contributed by atoms with van der Waals surface area (Å²) in [6, 6.07) is 44.1. The van der Waals surface area contributed by atoms with Crippen LogP contribution in [0.1, 0.15) is 54.4 Å². The molecule has 1 atom stereocenters. The van der Waals surface area contributed by atoms with Gasteiger partial charge in [-0.1, -0.05) is 128 Å². The molecule has 0 aromatic heterocycles. The van der Waals surface area contributed by atoms with Gasteiger partial charge < -0.3 is 0 Å². The molecule has 4 rings (SSSR count). The van der Waals surface area contributed by atoms with Gasteiger partial charge in [-0.05, 0) is 53.9 Å². The zero-order chi connectivity index (χ0) is 21.4. The van der Waals surface area contributed by atoms with Gasteiger partial charge in [-0.15, -0.1) is 0 Å². The van der Waals surface area contributed by atoms with Gasteiger partial charge in [0.05, 0.1) is 0 Å². The minimum atomic E-state index is -0.0320. The van der Waals surface area contributed by atoms with Crippen molar-refractivity contribution in [3.8, 4) is 0 Å². The lowest BCUT2D eigenvalue weighted by atomic mass is 9.68. The zero-order valence-corrected chi connectivity index (χ0v) is 18.5. The Morgan fingerprint density at radius 3 is 1.55 bits per heavy atom. The summed E-state index contributed by atoms with van der Waals surface area (Å²) in [5.74, 6) is 0.510. The van der Waals surface area contributed by atoms with E-state index in [9.17, 15) is 0 Å². The Kier molecular flexibility index (Phi) is 6.99. The molecule has 0 N–H and O–H groups in total. The summed E-state index contributed by atoms with van der Waals surface area (Å²) in [5.41, 5.74) is 5.64. The maximum atomic E-state index is 2.42. The van der Waals surface area contributed by atoms with Crippen LogP contribution in [-0.2, 0) is 11.8 Å². The van der Waals surface area contributed by atoms with E-state index in [1.165, 1.54) is 35.1 Å². The van der Waals surface area contributed by atoms with Crippen molar-refractivity contribution in [1.29, 1.82) is 0 Å². The maximum Gasteiger partial charge on any atom is 0.0180 e. The average Bonchev–Trinajstić information content (AvgIpc) is 2.85. The molecule has 31 heavy (non-hydrogen) atoms. The van der Waals surface area contributed by atoms with Crippen molar-refractivity contribution in [1.82, 2.24) is 0 Å². The number of hydrogen-bond acceptors (Lipinski definition) is 0. The molecule has 1 unspecified atom stereocenters. The highest BCUT2D eigenvalue weighted by molar-refractivity contribution is 5.39. The van der Waals surface area contributed by atoms with Gasteiger partial charge in [0, 0.05) is 5.41 Å². The molecule has 0 spiro atoms. The second-order valence-electron chi connectivity index (χ2n) is 8.75. The van der Waals surface area contributed by atoms with Crippen molar-refractivity contribution >= 4 is 0 Å². The number of rotatable bonds is 9. The molecule has 0 heterocycles. The standard InChI is InChI=1S/C31H32/c1-31(29-21-10-4-11-22-29,30-23-12-5-13-24-30)25-28(27-18-8-3-9-19-27)20-14-17-26-15-6-2-7-16-26/h2-13,15-16,18-19,21-24,28H,14,17,20,25H2,1H3. The molecule has 0 nitrogen and oxygen atoms in total. The highest BCUT2D eigenvalue weighted by atomic mass is 14.4. The molecule has 0 bridgehead atoms. The minimum Gasteiger partial charge on any atom is -0.0622 e. The van der Waals surface area contributed by atoms with Gasteiger partial charge in [0.15, 0.2) is 0 Å². The fraction of sp³-hybridized carbons (Fsp3) is 0.226. The van der Waals surface area contributed by atoms with Crippen LogP contribution in [0.15, 0.2) is 121 Å². The second kappa shape index (κ2) is 10.3. The topological polar surface area (TPSA) is 0 Å². The highest BCUT2D eigenvalue weighted by Gasteiger charge is 2.32. The van der Waals surface area contributed by atoms with Gasteiger partial charge in [-0.25, -0.2) is 0 Å². The zero-order valence-electron chi connectivity index (χ0n) is 18.5. The summed E-state index contributed by atoms with van der Waals surface area (Å²) in [6.45, 7) is 2.42. The Morgan fingerprint density at radius 2 is 1.03 bits per heavy atom. The van der Waals surface area contributed by atoms with Crippen LogP contribution in [0.2, 0.25) is 0 Å². The number of aryl methyl sites for hydroxylation is 1. The number of benzene rings is 4. The van der Waals surface area contributed by atoms with Crippen molar-refractivity contribution in [2.75, 3.05) is 0 Å². The Bertz CT molecular complexity index is 981. The molecule has 0 aliphatic rings. The third-order valence-corrected chi connectivity index (χ3v) is 6.61. The summed E-state index contributed by atoms with van der Waals surface area (Å²) in [6.07, 6.45) is 4.62. The largest absolute Gasteiger partial charge is 0.0622 e. The smallest absolute Gasteiger partial charge is 0.0180 e. The molecule has 0 saturated carbocycles. The fourth-order valence-electron chi connectivity index (χ4n) is 4.82. The maximum absolute atomic E-state index is 2.42. The van der Waals surface area contributed by atoms with Crippen LogP contribution in [-0.4, -0.2) is 0 Å². The molecule has 0 radical (unpaired) electrons. The van der Waals surface area contributed by atoms with Gasteiger partial charge >= 0.3 is 0 Å². The predicted octanol–water partition coefficient (Wildman–Crippen LogP) is 8.19. The first kappa shape index (κ1) is 21.1. The van der Waals surface area contributed by atoms with Crippen molar-refractivity contribution < 1.29 is 0 Å². The average molecular weight is 405 g/mol. The third-order valence-electron chi connectivity index (χ3n) is 6.61. The lowest BCUT2D eigenvalue weighted by Gasteiger charge is -2.35. The van der Waals surface area contributed by atoms with E-state index >= 15 is 0 Å². The molecule has 4 aromatic rings. The fourth-order valence-corrected chi connectivity index (χ4v) is 4.82. The lowest BCUT2D eigenvalue weighted by Crippen LogP contribution is -2.26. The SMILES string of the molecule is CC(CC(CCCc1ccccc1)c1ccccc1)(c1ccccc1)c1ccccc1. The molecular formula is C31H32. The molecule has 0 saturated heterocycles. The Balaban J connectivity index is 1.63. The summed E-state index contributed by atoms with van der Waals surface area (Å²) in [4.78, 5) is 0. The van der Waals surface area contributed by atoms with Gasteiger partial charge in [0.2, 0.25) is 0 Å². The van der Waals surface area contributed by atoms with Gasteiger partial charge in [0.25, 0.3) is 0 Å².